The number of benzene rings is 2. The zero-order chi connectivity index (χ0) is 17.6. The van der Waals surface area contributed by atoms with Crippen molar-refractivity contribution in [3.05, 3.63) is 59.2 Å². The third kappa shape index (κ3) is 4.34. The minimum atomic E-state index is 0.575. The molecule has 0 fully saturated rings. The van der Waals surface area contributed by atoms with Gasteiger partial charge in [-0.2, -0.15) is 0 Å². The number of nitrogens with one attached hydrogen (secondary N) is 2. The Labute approximate surface area is 157 Å². The Hall–Kier alpha value is -2.01. The molecule has 0 saturated carbocycles. The number of aromatic nitrogens is 1. The molecule has 2 aromatic carbocycles. The van der Waals surface area contributed by atoms with Crippen LogP contribution in [0, 0.1) is 0 Å². The van der Waals surface area contributed by atoms with Gasteiger partial charge in [-0.05, 0) is 42.5 Å². The molecular weight excluding hydrogens is 357 g/mol. The Bertz CT molecular complexity index is 870. The highest BCUT2D eigenvalue weighted by atomic mass is 35.5. The van der Waals surface area contributed by atoms with Crippen molar-refractivity contribution in [2.24, 2.45) is 0 Å². The third-order valence-electron chi connectivity index (χ3n) is 3.85. The average molecular weight is 376 g/mol. The first-order valence-electron chi connectivity index (χ1n) is 7.96. The van der Waals surface area contributed by atoms with E-state index in [2.05, 4.69) is 21.7 Å². The van der Waals surface area contributed by atoms with Gasteiger partial charge in [-0.1, -0.05) is 11.6 Å². The van der Waals surface area contributed by atoms with Gasteiger partial charge in [-0.3, -0.25) is 4.98 Å². The number of alkyl halides is 1. The minimum Gasteiger partial charge on any atom is -0.496 e. The summed E-state index contributed by atoms with van der Waals surface area (Å²) in [5.41, 5.74) is 3.88. The van der Waals surface area contributed by atoms with Crippen molar-refractivity contribution in [1.29, 1.82) is 0 Å². The van der Waals surface area contributed by atoms with Gasteiger partial charge in [-0.15, -0.1) is 11.6 Å². The lowest BCUT2D eigenvalue weighted by Crippen LogP contribution is -2.16. The number of halogens is 2. The summed E-state index contributed by atoms with van der Waals surface area (Å²) >= 11 is 11.8. The Balaban J connectivity index is 1.89. The average Bonchev–Trinajstić information content (AvgIpc) is 2.62. The highest BCUT2D eigenvalue weighted by Gasteiger charge is 2.07. The van der Waals surface area contributed by atoms with E-state index >= 15 is 0 Å². The summed E-state index contributed by atoms with van der Waals surface area (Å²) in [6.07, 6.45) is 1.77. The van der Waals surface area contributed by atoms with E-state index in [-0.39, 0.29) is 0 Å². The van der Waals surface area contributed by atoms with Crippen LogP contribution in [0.4, 0.5) is 11.4 Å². The summed E-state index contributed by atoms with van der Waals surface area (Å²) in [4.78, 5) is 4.37. The van der Waals surface area contributed by atoms with E-state index in [9.17, 15) is 0 Å². The number of fused-ring (bicyclic) bond motifs is 1. The molecule has 0 bridgehead atoms. The molecule has 0 amide bonds. The lowest BCUT2D eigenvalue weighted by Gasteiger charge is -2.14. The van der Waals surface area contributed by atoms with Crippen LogP contribution in [0.2, 0.25) is 5.02 Å². The molecule has 0 aliphatic carbocycles. The molecule has 0 radical (unpaired) electrons. The van der Waals surface area contributed by atoms with Crippen molar-refractivity contribution >= 4 is 45.5 Å². The van der Waals surface area contributed by atoms with Gasteiger partial charge >= 0.3 is 0 Å². The quantitative estimate of drug-likeness (QED) is 0.452. The van der Waals surface area contributed by atoms with E-state index in [1.165, 1.54) is 0 Å². The van der Waals surface area contributed by atoms with Crippen LogP contribution in [-0.4, -0.2) is 24.5 Å². The topological polar surface area (TPSA) is 46.2 Å². The Morgan fingerprint density at radius 2 is 2.00 bits per heavy atom. The van der Waals surface area contributed by atoms with Crippen LogP contribution in [0.1, 0.15) is 5.56 Å². The van der Waals surface area contributed by atoms with Gasteiger partial charge in [-0.25, -0.2) is 0 Å². The smallest absolute Gasteiger partial charge is 0.123 e. The molecule has 0 aliphatic rings. The SMILES string of the molecule is COc1ccc(Nc2ccnc3cc(Cl)ccc23)cc1CNCCCl. The van der Waals surface area contributed by atoms with Crippen molar-refractivity contribution in [2.45, 2.75) is 6.54 Å². The molecule has 130 valence electrons. The first kappa shape index (κ1) is 17.8. The molecule has 0 unspecified atom stereocenters. The number of ether oxygens (including phenoxy) is 1. The predicted molar refractivity (Wildman–Crippen MR) is 105 cm³/mol. The number of nitrogens with zero attached hydrogens (tertiary/aromatic N) is 1. The minimum absolute atomic E-state index is 0.575. The Morgan fingerprint density at radius 1 is 1.12 bits per heavy atom. The summed E-state index contributed by atoms with van der Waals surface area (Å²) in [6, 6.07) is 13.7. The zero-order valence-corrected chi connectivity index (χ0v) is 15.4. The number of hydrogen-bond donors (Lipinski definition) is 2. The van der Waals surface area contributed by atoms with Crippen LogP contribution in [0.3, 0.4) is 0 Å². The van der Waals surface area contributed by atoms with Crippen molar-refractivity contribution < 1.29 is 4.74 Å². The van der Waals surface area contributed by atoms with Crippen molar-refractivity contribution in [1.82, 2.24) is 10.3 Å². The van der Waals surface area contributed by atoms with Gasteiger partial charge in [0, 0.05) is 52.5 Å². The molecule has 3 aromatic rings. The van der Waals surface area contributed by atoms with Crippen molar-refractivity contribution in [3.63, 3.8) is 0 Å². The summed E-state index contributed by atoms with van der Waals surface area (Å²) in [5.74, 6) is 1.42. The summed E-state index contributed by atoms with van der Waals surface area (Å²) < 4.78 is 5.44. The first-order valence-corrected chi connectivity index (χ1v) is 8.87. The van der Waals surface area contributed by atoms with Gasteiger partial charge in [0.2, 0.25) is 0 Å². The van der Waals surface area contributed by atoms with Gasteiger partial charge in [0.25, 0.3) is 0 Å². The normalized spacial score (nSPS) is 10.8. The second-order valence-corrected chi connectivity index (χ2v) is 6.35. The molecule has 0 spiro atoms. The van der Waals surface area contributed by atoms with Gasteiger partial charge < -0.3 is 15.4 Å². The summed E-state index contributed by atoms with van der Waals surface area (Å²) in [6.45, 7) is 1.44. The van der Waals surface area contributed by atoms with E-state index in [0.717, 1.165) is 40.1 Å². The maximum Gasteiger partial charge on any atom is 0.123 e. The Morgan fingerprint density at radius 3 is 2.80 bits per heavy atom. The third-order valence-corrected chi connectivity index (χ3v) is 4.27. The van der Waals surface area contributed by atoms with Crippen molar-refractivity contribution in [2.75, 3.05) is 24.9 Å². The van der Waals surface area contributed by atoms with Crippen LogP contribution < -0.4 is 15.4 Å². The number of anilines is 2. The molecule has 0 aliphatic heterocycles. The van der Waals surface area contributed by atoms with E-state index in [0.29, 0.717) is 17.4 Å². The molecule has 25 heavy (non-hydrogen) atoms. The molecule has 1 heterocycles. The fourth-order valence-corrected chi connectivity index (χ4v) is 2.97. The monoisotopic (exact) mass is 375 g/mol. The number of methoxy groups -OCH3 is 1. The van der Waals surface area contributed by atoms with E-state index in [1.54, 1.807) is 13.3 Å². The first-order chi connectivity index (χ1) is 12.2. The standard InChI is InChI=1S/C19H19Cl2N3O/c1-25-19-5-3-15(10-13(19)12-22-9-7-20)24-17-6-8-23-18-11-14(21)2-4-16(17)18/h2-6,8,10-11,22H,7,9,12H2,1H3,(H,23,24). The fraction of sp³-hybridized carbons (Fsp3) is 0.211. The second kappa shape index (κ2) is 8.39. The second-order valence-electron chi connectivity index (χ2n) is 5.54. The van der Waals surface area contributed by atoms with Crippen LogP contribution >= 0.6 is 23.2 Å². The molecule has 1 aromatic heterocycles. The van der Waals surface area contributed by atoms with E-state index in [4.69, 9.17) is 27.9 Å². The highest BCUT2D eigenvalue weighted by Crippen LogP contribution is 2.29. The number of rotatable bonds is 7. The molecule has 2 N–H and O–H groups in total. The lowest BCUT2D eigenvalue weighted by atomic mass is 10.1. The number of pyridine rings is 1. The fourth-order valence-electron chi connectivity index (χ4n) is 2.67. The molecule has 3 rings (SSSR count). The zero-order valence-electron chi connectivity index (χ0n) is 13.9. The largest absolute Gasteiger partial charge is 0.496 e. The molecular formula is C19H19Cl2N3O. The molecule has 4 nitrogen and oxygen atoms in total. The summed E-state index contributed by atoms with van der Waals surface area (Å²) in [5, 5.41) is 8.44. The van der Waals surface area contributed by atoms with Crippen LogP contribution in [0.15, 0.2) is 48.7 Å². The van der Waals surface area contributed by atoms with E-state index in [1.807, 2.05) is 36.4 Å². The lowest BCUT2D eigenvalue weighted by molar-refractivity contribution is 0.408. The molecule has 0 saturated heterocycles. The van der Waals surface area contributed by atoms with Gasteiger partial charge in [0.05, 0.1) is 12.6 Å². The van der Waals surface area contributed by atoms with Gasteiger partial charge in [0.1, 0.15) is 5.75 Å². The van der Waals surface area contributed by atoms with Crippen LogP contribution in [0.5, 0.6) is 5.75 Å². The van der Waals surface area contributed by atoms with Crippen LogP contribution in [-0.2, 0) is 6.54 Å². The highest BCUT2D eigenvalue weighted by molar-refractivity contribution is 6.31. The Kier molecular flexibility index (Phi) is 5.97. The molecule has 6 heteroatoms. The molecule has 0 atom stereocenters. The summed E-state index contributed by atoms with van der Waals surface area (Å²) in [7, 11) is 1.67. The van der Waals surface area contributed by atoms with Crippen molar-refractivity contribution in [3.8, 4) is 5.75 Å². The van der Waals surface area contributed by atoms with Crippen LogP contribution in [0.25, 0.3) is 10.9 Å². The predicted octanol–water partition coefficient (Wildman–Crippen LogP) is 4.97. The maximum atomic E-state index is 6.06. The van der Waals surface area contributed by atoms with Gasteiger partial charge in [0.15, 0.2) is 0 Å². The van der Waals surface area contributed by atoms with E-state index < -0.39 is 0 Å². The maximum absolute atomic E-state index is 6.06. The number of hydrogen-bond acceptors (Lipinski definition) is 4.